The molecule has 134 valence electrons. The molecule has 0 aliphatic carbocycles. The van der Waals surface area contributed by atoms with Crippen LogP contribution in [0, 0.1) is 0 Å². The van der Waals surface area contributed by atoms with Crippen molar-refractivity contribution in [3.05, 3.63) is 78.0 Å². The molecule has 2 N–H and O–H groups in total. The molecule has 2 aromatic carbocycles. The van der Waals surface area contributed by atoms with Gasteiger partial charge in [-0.05, 0) is 18.9 Å². The van der Waals surface area contributed by atoms with Crippen molar-refractivity contribution in [2.75, 3.05) is 6.54 Å². The summed E-state index contributed by atoms with van der Waals surface area (Å²) in [6.07, 6.45) is 1.86. The summed E-state index contributed by atoms with van der Waals surface area (Å²) in [5.41, 5.74) is 3.23. The second-order valence-corrected chi connectivity index (χ2v) is 6.33. The zero-order valence-corrected chi connectivity index (χ0v) is 14.8. The number of carbonyl (C=O) groups is 1. The fraction of sp³-hybridized carbons (Fsp3) is 0.238. The van der Waals surface area contributed by atoms with Crippen LogP contribution < -0.4 is 5.32 Å². The third-order valence-corrected chi connectivity index (χ3v) is 4.09. The van der Waals surface area contributed by atoms with E-state index in [1.54, 1.807) is 17.8 Å². The molecule has 3 rings (SSSR count). The van der Waals surface area contributed by atoms with Crippen molar-refractivity contribution in [2.24, 2.45) is 0 Å². The van der Waals surface area contributed by atoms with Gasteiger partial charge in [-0.1, -0.05) is 60.7 Å². The number of hydrogen-bond donors (Lipinski definition) is 2. The van der Waals surface area contributed by atoms with Crippen LogP contribution in [0.5, 0.6) is 0 Å². The van der Waals surface area contributed by atoms with Crippen LogP contribution in [0.25, 0.3) is 11.3 Å². The molecular formula is C21H23N3O2. The third-order valence-electron chi connectivity index (χ3n) is 4.09. The Morgan fingerprint density at radius 2 is 1.77 bits per heavy atom. The maximum Gasteiger partial charge on any atom is 0.255 e. The van der Waals surface area contributed by atoms with Crippen LogP contribution in [0.3, 0.4) is 0 Å². The van der Waals surface area contributed by atoms with Gasteiger partial charge in [0.25, 0.3) is 5.91 Å². The molecule has 0 aliphatic heterocycles. The maximum atomic E-state index is 12.6. The lowest BCUT2D eigenvalue weighted by atomic mass is 10.1. The Kier molecular flexibility index (Phi) is 5.81. The fourth-order valence-corrected chi connectivity index (χ4v) is 2.74. The molecule has 1 aromatic heterocycles. The third kappa shape index (κ3) is 4.58. The highest BCUT2D eigenvalue weighted by Gasteiger charge is 2.18. The molecular weight excluding hydrogens is 326 g/mol. The SMILES string of the molecule is CC(O)CCNC(=O)c1cn(Cc2ccccc2)nc1-c1ccccc1. The van der Waals surface area contributed by atoms with Crippen LogP contribution in [0.1, 0.15) is 29.3 Å². The largest absolute Gasteiger partial charge is 0.393 e. The first-order valence-corrected chi connectivity index (χ1v) is 8.76. The summed E-state index contributed by atoms with van der Waals surface area (Å²) in [4.78, 5) is 12.6. The number of nitrogens with one attached hydrogen (secondary N) is 1. The average molecular weight is 349 g/mol. The van der Waals surface area contributed by atoms with Crippen LogP contribution in [0.2, 0.25) is 0 Å². The summed E-state index contributed by atoms with van der Waals surface area (Å²) in [6, 6.07) is 19.7. The highest BCUT2D eigenvalue weighted by atomic mass is 16.3. The van der Waals surface area contributed by atoms with E-state index >= 15 is 0 Å². The van der Waals surface area contributed by atoms with Crippen LogP contribution in [0.4, 0.5) is 0 Å². The highest BCUT2D eigenvalue weighted by Crippen LogP contribution is 2.22. The van der Waals surface area contributed by atoms with Gasteiger partial charge in [-0.25, -0.2) is 0 Å². The van der Waals surface area contributed by atoms with Crippen molar-refractivity contribution in [3.63, 3.8) is 0 Å². The molecule has 0 fully saturated rings. The van der Waals surface area contributed by atoms with E-state index in [0.717, 1.165) is 11.1 Å². The normalized spacial score (nSPS) is 11.9. The minimum atomic E-state index is -0.440. The minimum absolute atomic E-state index is 0.177. The van der Waals surface area contributed by atoms with Crippen molar-refractivity contribution in [1.82, 2.24) is 15.1 Å². The van der Waals surface area contributed by atoms with Gasteiger partial charge >= 0.3 is 0 Å². The Morgan fingerprint density at radius 3 is 2.42 bits per heavy atom. The Hall–Kier alpha value is -2.92. The van der Waals surface area contributed by atoms with Crippen molar-refractivity contribution < 1.29 is 9.90 Å². The van der Waals surface area contributed by atoms with Gasteiger partial charge in [0.1, 0.15) is 5.69 Å². The smallest absolute Gasteiger partial charge is 0.255 e. The van der Waals surface area contributed by atoms with Gasteiger partial charge < -0.3 is 10.4 Å². The molecule has 5 nitrogen and oxygen atoms in total. The Morgan fingerprint density at radius 1 is 1.12 bits per heavy atom. The lowest BCUT2D eigenvalue weighted by Gasteiger charge is -2.06. The summed E-state index contributed by atoms with van der Waals surface area (Å²) in [6.45, 7) is 2.73. The van der Waals surface area contributed by atoms with Gasteiger partial charge in [0.05, 0.1) is 18.2 Å². The molecule has 1 amide bonds. The van der Waals surface area contributed by atoms with E-state index in [1.807, 2.05) is 60.7 Å². The summed E-state index contributed by atoms with van der Waals surface area (Å²) in [5.74, 6) is -0.177. The minimum Gasteiger partial charge on any atom is -0.393 e. The summed E-state index contributed by atoms with van der Waals surface area (Å²) < 4.78 is 1.79. The van der Waals surface area contributed by atoms with Gasteiger partial charge in [0.2, 0.25) is 0 Å². The van der Waals surface area contributed by atoms with Gasteiger partial charge in [0.15, 0.2) is 0 Å². The summed E-state index contributed by atoms with van der Waals surface area (Å²) in [5, 5.41) is 16.9. The van der Waals surface area contributed by atoms with E-state index in [-0.39, 0.29) is 5.91 Å². The van der Waals surface area contributed by atoms with E-state index in [4.69, 9.17) is 0 Å². The first-order chi connectivity index (χ1) is 12.6. The molecule has 0 aliphatic rings. The zero-order valence-electron chi connectivity index (χ0n) is 14.8. The first kappa shape index (κ1) is 17.9. The second kappa shape index (κ2) is 8.45. The van der Waals surface area contributed by atoms with Crippen LogP contribution in [0.15, 0.2) is 66.9 Å². The number of aliphatic hydroxyl groups excluding tert-OH is 1. The molecule has 1 atom stereocenters. The second-order valence-electron chi connectivity index (χ2n) is 6.33. The molecule has 0 saturated carbocycles. The van der Waals surface area contributed by atoms with Crippen molar-refractivity contribution >= 4 is 5.91 Å². The summed E-state index contributed by atoms with van der Waals surface area (Å²) in [7, 11) is 0. The number of nitrogens with zero attached hydrogens (tertiary/aromatic N) is 2. The number of hydrogen-bond acceptors (Lipinski definition) is 3. The van der Waals surface area contributed by atoms with Gasteiger partial charge in [0, 0.05) is 18.3 Å². The Bertz CT molecular complexity index is 842. The zero-order chi connectivity index (χ0) is 18.4. The lowest BCUT2D eigenvalue weighted by molar-refractivity contribution is 0.0946. The van der Waals surface area contributed by atoms with E-state index in [9.17, 15) is 9.90 Å². The van der Waals surface area contributed by atoms with Gasteiger partial charge in [-0.3, -0.25) is 9.48 Å². The predicted molar refractivity (Wildman–Crippen MR) is 102 cm³/mol. The summed E-state index contributed by atoms with van der Waals surface area (Å²) >= 11 is 0. The lowest BCUT2D eigenvalue weighted by Crippen LogP contribution is -2.26. The first-order valence-electron chi connectivity index (χ1n) is 8.76. The molecule has 3 aromatic rings. The van der Waals surface area contributed by atoms with Crippen molar-refractivity contribution in [3.8, 4) is 11.3 Å². The molecule has 26 heavy (non-hydrogen) atoms. The topological polar surface area (TPSA) is 67.2 Å². The average Bonchev–Trinajstić information content (AvgIpc) is 3.07. The van der Waals surface area contributed by atoms with Gasteiger partial charge in [-0.2, -0.15) is 5.10 Å². The molecule has 1 heterocycles. The molecule has 0 radical (unpaired) electrons. The molecule has 1 unspecified atom stereocenters. The number of aliphatic hydroxyl groups is 1. The highest BCUT2D eigenvalue weighted by molar-refractivity contribution is 5.99. The van der Waals surface area contributed by atoms with E-state index in [0.29, 0.717) is 30.8 Å². The van der Waals surface area contributed by atoms with Crippen LogP contribution in [-0.4, -0.2) is 33.4 Å². The molecule has 0 saturated heterocycles. The molecule has 5 heteroatoms. The number of aromatic nitrogens is 2. The number of amides is 1. The quantitative estimate of drug-likeness (QED) is 0.689. The maximum absolute atomic E-state index is 12.6. The molecule has 0 spiro atoms. The van der Waals surface area contributed by atoms with E-state index in [1.165, 1.54) is 0 Å². The van der Waals surface area contributed by atoms with E-state index in [2.05, 4.69) is 10.4 Å². The molecule has 0 bridgehead atoms. The van der Waals surface area contributed by atoms with Crippen LogP contribution >= 0.6 is 0 Å². The van der Waals surface area contributed by atoms with Gasteiger partial charge in [-0.15, -0.1) is 0 Å². The Balaban J connectivity index is 1.87. The number of carbonyl (C=O) groups excluding carboxylic acids is 1. The van der Waals surface area contributed by atoms with Crippen molar-refractivity contribution in [1.29, 1.82) is 0 Å². The number of rotatable bonds is 7. The number of benzene rings is 2. The standard InChI is InChI=1S/C21H23N3O2/c1-16(25)12-13-22-21(26)19-15-24(14-17-8-4-2-5-9-17)23-20(19)18-10-6-3-7-11-18/h2-11,15-16,25H,12-14H2,1H3,(H,22,26). The van der Waals surface area contributed by atoms with E-state index < -0.39 is 6.10 Å². The monoisotopic (exact) mass is 349 g/mol. The fourth-order valence-electron chi connectivity index (χ4n) is 2.74. The van der Waals surface area contributed by atoms with Crippen molar-refractivity contribution in [2.45, 2.75) is 26.0 Å². The Labute approximate surface area is 153 Å². The van der Waals surface area contributed by atoms with Crippen LogP contribution in [-0.2, 0) is 6.54 Å². The predicted octanol–water partition coefficient (Wildman–Crippen LogP) is 3.10.